The molecule has 0 aliphatic heterocycles. The van der Waals surface area contributed by atoms with Crippen molar-refractivity contribution in [2.75, 3.05) is 13.1 Å². The van der Waals surface area contributed by atoms with E-state index < -0.39 is 20.0 Å². The molecule has 2 rings (SSSR count). The van der Waals surface area contributed by atoms with Crippen molar-refractivity contribution in [3.8, 4) is 0 Å². The largest absolute Gasteiger partial charge is 0.242 e. The van der Waals surface area contributed by atoms with E-state index in [1.807, 2.05) is 0 Å². The molecule has 10 heteroatoms. The standard InChI is InChI=1S/C15H16Cl2N2O4S2/c16-12-6-1-3-8-14(12)24(20,21)18-10-5-11-19-25(22,23)15-9-4-2-7-13(15)17/h1-4,6-9,18-19H,5,10-11H2. The Bertz CT molecular complexity index is 870. The van der Waals surface area contributed by atoms with Crippen molar-refractivity contribution in [1.82, 2.24) is 9.44 Å². The molecule has 0 unspecified atom stereocenters. The molecule has 0 fully saturated rings. The first-order valence-corrected chi connectivity index (χ1v) is 10.9. The van der Waals surface area contributed by atoms with Gasteiger partial charge in [0.2, 0.25) is 20.0 Å². The SMILES string of the molecule is O=S(=O)(NCCCNS(=O)(=O)c1ccccc1Cl)c1ccccc1Cl. The molecule has 0 radical (unpaired) electrons. The average molecular weight is 423 g/mol. The topological polar surface area (TPSA) is 92.3 Å². The third-order valence-electron chi connectivity index (χ3n) is 3.19. The Morgan fingerprint density at radius 2 is 1.04 bits per heavy atom. The highest BCUT2D eigenvalue weighted by Crippen LogP contribution is 2.21. The number of hydrogen-bond acceptors (Lipinski definition) is 4. The van der Waals surface area contributed by atoms with Crippen molar-refractivity contribution in [1.29, 1.82) is 0 Å². The fraction of sp³-hybridized carbons (Fsp3) is 0.200. The Morgan fingerprint density at radius 3 is 1.40 bits per heavy atom. The number of hydrogen-bond donors (Lipinski definition) is 2. The zero-order valence-electron chi connectivity index (χ0n) is 12.9. The van der Waals surface area contributed by atoms with Gasteiger partial charge >= 0.3 is 0 Å². The molecule has 0 saturated heterocycles. The Balaban J connectivity index is 1.88. The van der Waals surface area contributed by atoms with Gasteiger partial charge in [-0.05, 0) is 30.7 Å². The zero-order valence-corrected chi connectivity index (χ0v) is 16.1. The Hall–Kier alpha value is -1.16. The second-order valence-electron chi connectivity index (χ2n) is 5.01. The summed E-state index contributed by atoms with van der Waals surface area (Å²) in [7, 11) is -7.49. The Labute approximate surface area is 157 Å². The maximum Gasteiger partial charge on any atom is 0.242 e. The fourth-order valence-corrected chi connectivity index (χ4v) is 5.17. The molecule has 0 aliphatic rings. The van der Waals surface area contributed by atoms with Crippen LogP contribution in [0.15, 0.2) is 58.3 Å². The van der Waals surface area contributed by atoms with Crippen molar-refractivity contribution in [2.24, 2.45) is 0 Å². The average Bonchev–Trinajstić information content (AvgIpc) is 2.54. The van der Waals surface area contributed by atoms with E-state index in [4.69, 9.17) is 23.2 Å². The maximum absolute atomic E-state index is 12.1. The molecule has 0 aliphatic carbocycles. The highest BCUT2D eigenvalue weighted by Gasteiger charge is 2.18. The second kappa shape index (κ2) is 8.48. The van der Waals surface area contributed by atoms with Crippen LogP contribution in [-0.2, 0) is 20.0 Å². The molecule has 0 atom stereocenters. The van der Waals surface area contributed by atoms with Crippen molar-refractivity contribution in [2.45, 2.75) is 16.2 Å². The smallest absolute Gasteiger partial charge is 0.211 e. The summed E-state index contributed by atoms with van der Waals surface area (Å²) in [4.78, 5) is -0.0402. The quantitative estimate of drug-likeness (QED) is 0.639. The van der Waals surface area contributed by atoms with Gasteiger partial charge in [0.05, 0.1) is 10.0 Å². The number of nitrogens with one attached hydrogen (secondary N) is 2. The van der Waals surface area contributed by atoms with E-state index in [9.17, 15) is 16.8 Å². The molecule has 0 amide bonds. The highest BCUT2D eigenvalue weighted by atomic mass is 35.5. The molecule has 0 aromatic heterocycles. The third kappa shape index (κ3) is 5.40. The van der Waals surface area contributed by atoms with Crippen LogP contribution >= 0.6 is 23.2 Å². The molecule has 0 saturated carbocycles. The van der Waals surface area contributed by atoms with Crippen molar-refractivity contribution >= 4 is 43.2 Å². The summed E-state index contributed by atoms with van der Waals surface area (Å²) in [5.41, 5.74) is 0. The van der Waals surface area contributed by atoms with E-state index in [0.717, 1.165) is 0 Å². The van der Waals surface area contributed by atoms with Gasteiger partial charge in [0.15, 0.2) is 0 Å². The van der Waals surface area contributed by atoms with Crippen molar-refractivity contribution in [3.05, 3.63) is 58.6 Å². The number of benzene rings is 2. The first-order chi connectivity index (χ1) is 11.7. The molecule has 2 aromatic rings. The predicted molar refractivity (Wildman–Crippen MR) is 97.9 cm³/mol. The van der Waals surface area contributed by atoms with Crippen LogP contribution in [-0.4, -0.2) is 29.9 Å². The van der Waals surface area contributed by atoms with Gasteiger partial charge in [-0.1, -0.05) is 47.5 Å². The minimum absolute atomic E-state index is 0.0201. The molecular formula is C15H16Cl2N2O4S2. The van der Waals surface area contributed by atoms with Gasteiger partial charge in [0, 0.05) is 13.1 Å². The molecule has 0 bridgehead atoms. The molecule has 0 spiro atoms. The number of rotatable bonds is 8. The van der Waals surface area contributed by atoms with Crippen LogP contribution in [0.25, 0.3) is 0 Å². The normalized spacial score (nSPS) is 12.2. The number of sulfonamides is 2. The van der Waals surface area contributed by atoms with Gasteiger partial charge in [-0.25, -0.2) is 26.3 Å². The zero-order chi connectivity index (χ0) is 18.5. The lowest BCUT2D eigenvalue weighted by Crippen LogP contribution is -2.30. The summed E-state index contributed by atoms with van der Waals surface area (Å²) in [5, 5.41) is 0.240. The first-order valence-electron chi connectivity index (χ1n) is 7.22. The first kappa shape index (κ1) is 20.2. The lowest BCUT2D eigenvalue weighted by atomic mass is 10.4. The van der Waals surface area contributed by atoms with E-state index >= 15 is 0 Å². The highest BCUT2D eigenvalue weighted by molar-refractivity contribution is 7.90. The summed E-state index contributed by atoms with van der Waals surface area (Å²) >= 11 is 11.7. The predicted octanol–water partition coefficient (Wildman–Crippen LogP) is 2.64. The van der Waals surface area contributed by atoms with Crippen LogP contribution in [0.1, 0.15) is 6.42 Å². The van der Waals surface area contributed by atoms with Crippen LogP contribution in [0.2, 0.25) is 10.0 Å². The van der Waals surface area contributed by atoms with Crippen LogP contribution in [0, 0.1) is 0 Å². The van der Waals surface area contributed by atoms with Gasteiger partial charge in [-0.2, -0.15) is 0 Å². The second-order valence-corrected chi connectivity index (χ2v) is 9.30. The van der Waals surface area contributed by atoms with E-state index in [2.05, 4.69) is 9.44 Å². The van der Waals surface area contributed by atoms with Gasteiger partial charge in [0.1, 0.15) is 9.79 Å². The van der Waals surface area contributed by atoms with E-state index in [0.29, 0.717) is 0 Å². The summed E-state index contributed by atoms with van der Waals surface area (Å²) in [6, 6.07) is 12.1. The fourth-order valence-electron chi connectivity index (χ4n) is 1.98. The summed E-state index contributed by atoms with van der Waals surface area (Å²) < 4.78 is 53.3. The van der Waals surface area contributed by atoms with E-state index in [1.165, 1.54) is 24.3 Å². The lowest BCUT2D eigenvalue weighted by Gasteiger charge is -2.10. The molecule has 0 heterocycles. The third-order valence-corrected chi connectivity index (χ3v) is 7.11. The van der Waals surface area contributed by atoms with Crippen LogP contribution < -0.4 is 9.44 Å². The van der Waals surface area contributed by atoms with Gasteiger partial charge < -0.3 is 0 Å². The van der Waals surface area contributed by atoms with Gasteiger partial charge in [-0.15, -0.1) is 0 Å². The van der Waals surface area contributed by atoms with E-state index in [1.54, 1.807) is 24.3 Å². The van der Waals surface area contributed by atoms with Crippen molar-refractivity contribution < 1.29 is 16.8 Å². The monoisotopic (exact) mass is 422 g/mol. The van der Waals surface area contributed by atoms with Crippen molar-refractivity contribution in [3.63, 3.8) is 0 Å². The van der Waals surface area contributed by atoms with Crippen LogP contribution in [0.5, 0.6) is 0 Å². The van der Waals surface area contributed by atoms with Crippen LogP contribution in [0.4, 0.5) is 0 Å². The maximum atomic E-state index is 12.1. The number of halogens is 2. The Kier molecular flexibility index (Phi) is 6.84. The minimum atomic E-state index is -3.75. The summed E-state index contributed by atoms with van der Waals surface area (Å²) in [6.07, 6.45) is 0.257. The molecule has 2 N–H and O–H groups in total. The molecular weight excluding hydrogens is 407 g/mol. The van der Waals surface area contributed by atoms with Gasteiger partial charge in [0.25, 0.3) is 0 Å². The van der Waals surface area contributed by atoms with E-state index in [-0.39, 0.29) is 39.3 Å². The molecule has 136 valence electrons. The summed E-state index contributed by atoms with van der Waals surface area (Å²) in [6.45, 7) is 0.108. The minimum Gasteiger partial charge on any atom is -0.211 e. The summed E-state index contributed by atoms with van der Waals surface area (Å²) in [5.74, 6) is 0. The van der Waals surface area contributed by atoms with Gasteiger partial charge in [-0.3, -0.25) is 0 Å². The Morgan fingerprint density at radius 1 is 0.680 bits per heavy atom. The molecule has 6 nitrogen and oxygen atoms in total. The lowest BCUT2D eigenvalue weighted by molar-refractivity contribution is 0.572. The van der Waals surface area contributed by atoms with Crippen LogP contribution in [0.3, 0.4) is 0 Å². The molecule has 2 aromatic carbocycles. The molecule has 25 heavy (non-hydrogen) atoms.